The Kier molecular flexibility index (Phi) is 8.79. The van der Waals surface area contributed by atoms with E-state index >= 15 is 0 Å². The fourth-order valence-corrected chi connectivity index (χ4v) is 3.35. The lowest BCUT2D eigenvalue weighted by molar-refractivity contribution is -0.126. The van der Waals surface area contributed by atoms with Crippen molar-refractivity contribution in [1.29, 1.82) is 0 Å². The largest absolute Gasteiger partial charge is 0.443 e. The average Bonchev–Trinajstić information content (AvgIpc) is 3.30. The van der Waals surface area contributed by atoms with Gasteiger partial charge in [0.15, 0.2) is 11.5 Å². The van der Waals surface area contributed by atoms with Gasteiger partial charge in [-0.15, -0.1) is 10.2 Å². The summed E-state index contributed by atoms with van der Waals surface area (Å²) in [5.41, 5.74) is 12.1. The minimum absolute atomic E-state index is 0.0878. The number of rotatable bonds is 11. The lowest BCUT2D eigenvalue weighted by Crippen LogP contribution is -2.51. The molecule has 0 unspecified atom stereocenters. The third kappa shape index (κ3) is 7.02. The summed E-state index contributed by atoms with van der Waals surface area (Å²) >= 11 is 0. The second kappa shape index (κ2) is 11.8. The third-order valence-electron chi connectivity index (χ3n) is 5.76. The van der Waals surface area contributed by atoms with E-state index in [0.29, 0.717) is 23.8 Å². The molecule has 37 heavy (non-hydrogen) atoms. The van der Waals surface area contributed by atoms with Crippen molar-refractivity contribution in [3.05, 3.63) is 65.6 Å². The smallest absolute Gasteiger partial charge is 0.410 e. The molecule has 2 heterocycles. The van der Waals surface area contributed by atoms with Gasteiger partial charge in [-0.2, -0.15) is 0 Å². The number of likely N-dealkylation sites (N-methyl/N-ethyl adjacent to an activating group) is 1. The number of hydrogen-bond donors (Lipinski definition) is 3. The summed E-state index contributed by atoms with van der Waals surface area (Å²) < 4.78 is 13.0. The second-order valence-corrected chi connectivity index (χ2v) is 9.26. The molecule has 12 heteroatoms. The normalized spacial score (nSPS) is 13.1. The van der Waals surface area contributed by atoms with E-state index in [9.17, 15) is 14.4 Å². The van der Waals surface area contributed by atoms with Gasteiger partial charge in [-0.05, 0) is 38.5 Å². The molecule has 2 aromatic heterocycles. The number of nitrogens with one attached hydrogen (secondary N) is 1. The van der Waals surface area contributed by atoms with Crippen LogP contribution in [0.3, 0.4) is 0 Å². The van der Waals surface area contributed by atoms with Crippen LogP contribution < -0.4 is 16.8 Å². The fraction of sp³-hybridized carbons (Fsp3) is 0.400. The van der Waals surface area contributed by atoms with Crippen LogP contribution in [0.15, 0.2) is 48.5 Å². The van der Waals surface area contributed by atoms with Crippen molar-refractivity contribution < 1.29 is 23.9 Å². The van der Waals surface area contributed by atoms with Crippen molar-refractivity contribution in [2.45, 2.75) is 51.6 Å². The summed E-state index contributed by atoms with van der Waals surface area (Å²) in [6, 6.07) is 13.3. The summed E-state index contributed by atoms with van der Waals surface area (Å²) in [6.45, 7) is 4.96. The van der Waals surface area contributed by atoms with Crippen LogP contribution in [-0.2, 0) is 32.3 Å². The Balaban J connectivity index is 1.86. The molecule has 0 aliphatic rings. The van der Waals surface area contributed by atoms with Crippen LogP contribution in [-0.4, -0.2) is 62.6 Å². The number of pyridine rings is 1. The first-order chi connectivity index (χ1) is 17.5. The topological polar surface area (TPSA) is 167 Å². The van der Waals surface area contributed by atoms with E-state index in [1.54, 1.807) is 36.4 Å². The number of benzene rings is 1. The zero-order valence-corrected chi connectivity index (χ0v) is 21.4. The molecule has 0 spiro atoms. The van der Waals surface area contributed by atoms with Gasteiger partial charge in [0, 0.05) is 7.05 Å². The summed E-state index contributed by atoms with van der Waals surface area (Å²) in [4.78, 5) is 37.7. The maximum absolute atomic E-state index is 12.8. The molecule has 2 atom stereocenters. The quantitative estimate of drug-likeness (QED) is 0.346. The minimum Gasteiger partial charge on any atom is -0.443 e. The van der Waals surface area contributed by atoms with E-state index < -0.39 is 35.5 Å². The van der Waals surface area contributed by atoms with Gasteiger partial charge in [-0.1, -0.05) is 36.4 Å². The lowest BCUT2D eigenvalue weighted by atomic mass is 10.1. The number of fused-ring (bicyclic) bond motifs is 1. The van der Waals surface area contributed by atoms with Crippen molar-refractivity contribution in [3.8, 4) is 0 Å². The van der Waals surface area contributed by atoms with Crippen LogP contribution in [0.1, 0.15) is 43.9 Å². The van der Waals surface area contributed by atoms with Crippen LogP contribution in [0.5, 0.6) is 0 Å². The van der Waals surface area contributed by atoms with Crippen LogP contribution in [0.4, 0.5) is 4.79 Å². The third-order valence-corrected chi connectivity index (χ3v) is 5.76. The molecule has 0 saturated heterocycles. The summed E-state index contributed by atoms with van der Waals surface area (Å²) in [5, 5.41) is 11.4. The number of amides is 3. The van der Waals surface area contributed by atoms with Crippen LogP contribution in [0.2, 0.25) is 0 Å². The Hall–Kier alpha value is -4.03. The molecule has 0 fully saturated rings. The summed E-state index contributed by atoms with van der Waals surface area (Å²) in [6.07, 6.45) is -0.723. The van der Waals surface area contributed by atoms with Crippen LogP contribution in [0.25, 0.3) is 5.65 Å². The number of ether oxygens (including phenoxy) is 2. The molecule has 0 bridgehead atoms. The zero-order valence-electron chi connectivity index (χ0n) is 21.4. The summed E-state index contributed by atoms with van der Waals surface area (Å²) in [7, 11) is 1.42. The predicted octanol–water partition coefficient (Wildman–Crippen LogP) is 1.28. The molecule has 0 aliphatic heterocycles. The van der Waals surface area contributed by atoms with Crippen LogP contribution >= 0.6 is 0 Å². The number of primary amides is 1. The monoisotopic (exact) mass is 511 g/mol. The van der Waals surface area contributed by atoms with Gasteiger partial charge in [0.1, 0.15) is 18.7 Å². The van der Waals surface area contributed by atoms with E-state index in [-0.39, 0.29) is 13.2 Å². The van der Waals surface area contributed by atoms with E-state index in [0.717, 1.165) is 10.5 Å². The molecule has 0 aliphatic carbocycles. The summed E-state index contributed by atoms with van der Waals surface area (Å²) in [5.74, 6) is -0.672. The predicted molar refractivity (Wildman–Crippen MR) is 135 cm³/mol. The van der Waals surface area contributed by atoms with E-state index in [1.165, 1.54) is 14.0 Å². The number of hydrogen-bond acceptors (Lipinski definition) is 8. The molecule has 5 N–H and O–H groups in total. The lowest BCUT2D eigenvalue weighted by Gasteiger charge is -2.24. The highest BCUT2D eigenvalue weighted by atomic mass is 16.6. The highest BCUT2D eigenvalue weighted by Gasteiger charge is 2.29. The molecule has 198 valence electrons. The molecule has 1 aromatic carbocycles. The number of carbonyl (C=O) groups excluding carboxylic acids is 3. The van der Waals surface area contributed by atoms with Crippen molar-refractivity contribution in [2.75, 3.05) is 13.7 Å². The van der Waals surface area contributed by atoms with E-state index in [2.05, 4.69) is 15.5 Å². The zero-order chi connectivity index (χ0) is 27.2. The second-order valence-electron chi connectivity index (χ2n) is 9.26. The molecular weight excluding hydrogens is 478 g/mol. The number of carbonyl (C=O) groups is 3. The average molecular weight is 512 g/mol. The van der Waals surface area contributed by atoms with E-state index in [1.807, 2.05) is 30.3 Å². The maximum atomic E-state index is 12.8. The van der Waals surface area contributed by atoms with Crippen molar-refractivity contribution in [3.63, 3.8) is 0 Å². The standard InChI is InChI=1S/C25H33N7O5/c1-16(21(26)33)31(4)24(35)37-14-18-11-8-12-20-29-30-22(32(18)20)19(28-23(34)25(2,3)27)15-36-13-17-9-6-5-7-10-17/h5-12,16,19H,13-15,27H2,1-4H3,(H2,26,33)(H,28,34)/t16-,19+/m0/s1. The van der Waals surface area contributed by atoms with Crippen molar-refractivity contribution in [1.82, 2.24) is 24.8 Å². The first-order valence-electron chi connectivity index (χ1n) is 11.7. The first kappa shape index (κ1) is 27.6. The first-order valence-corrected chi connectivity index (χ1v) is 11.7. The van der Waals surface area contributed by atoms with Gasteiger partial charge in [0.25, 0.3) is 0 Å². The highest BCUT2D eigenvalue weighted by Crippen LogP contribution is 2.19. The molecule has 0 radical (unpaired) electrons. The maximum Gasteiger partial charge on any atom is 0.410 e. The Bertz CT molecular complexity index is 1240. The van der Waals surface area contributed by atoms with Gasteiger partial charge in [-0.25, -0.2) is 4.79 Å². The van der Waals surface area contributed by atoms with E-state index in [4.69, 9.17) is 20.9 Å². The van der Waals surface area contributed by atoms with Crippen LogP contribution in [0, 0.1) is 0 Å². The van der Waals surface area contributed by atoms with Gasteiger partial charge in [-0.3, -0.25) is 18.9 Å². The van der Waals surface area contributed by atoms with Crippen molar-refractivity contribution >= 4 is 23.6 Å². The molecular formula is C25H33N7O5. The van der Waals surface area contributed by atoms with Gasteiger partial charge < -0.3 is 26.3 Å². The highest BCUT2D eigenvalue weighted by molar-refractivity contribution is 5.85. The SMILES string of the molecule is C[C@@H](C(N)=O)N(C)C(=O)OCc1cccc2nnc([C@@H](COCc3ccccc3)NC(=O)C(C)(C)N)n12. The fourth-order valence-electron chi connectivity index (χ4n) is 3.35. The van der Waals surface area contributed by atoms with Gasteiger partial charge in [0.05, 0.1) is 24.4 Å². The Labute approximate surface area is 214 Å². The number of nitrogens with two attached hydrogens (primary N) is 2. The minimum atomic E-state index is -1.14. The number of aromatic nitrogens is 3. The van der Waals surface area contributed by atoms with Crippen molar-refractivity contribution in [2.24, 2.45) is 11.5 Å². The van der Waals surface area contributed by atoms with Gasteiger partial charge in [0.2, 0.25) is 11.8 Å². The molecule has 0 saturated carbocycles. The Morgan fingerprint density at radius 3 is 2.43 bits per heavy atom. The molecule has 3 aromatic rings. The molecule has 3 rings (SSSR count). The molecule has 12 nitrogen and oxygen atoms in total. The number of nitrogens with zero attached hydrogens (tertiary/aromatic N) is 4. The Morgan fingerprint density at radius 1 is 1.08 bits per heavy atom. The Morgan fingerprint density at radius 2 is 1.78 bits per heavy atom. The van der Waals surface area contributed by atoms with Gasteiger partial charge >= 0.3 is 6.09 Å². The molecule has 3 amide bonds.